The van der Waals surface area contributed by atoms with Gasteiger partial charge in [-0.05, 0) is 50.2 Å². The van der Waals surface area contributed by atoms with Crippen LogP contribution in [0.5, 0.6) is 5.75 Å². The number of carbonyl (C=O) groups excluding carboxylic acids is 1. The van der Waals surface area contributed by atoms with Crippen molar-refractivity contribution in [2.45, 2.75) is 19.9 Å². The molecule has 0 aliphatic heterocycles. The molecular weight excluding hydrogens is 268 g/mol. The van der Waals surface area contributed by atoms with E-state index in [0.717, 1.165) is 5.75 Å². The van der Waals surface area contributed by atoms with Crippen LogP contribution in [0.1, 0.15) is 24.3 Å². The van der Waals surface area contributed by atoms with Crippen LogP contribution in [0.15, 0.2) is 36.4 Å². The van der Waals surface area contributed by atoms with E-state index in [1.807, 2.05) is 13.8 Å². The molecule has 0 spiro atoms. The fourth-order valence-electron chi connectivity index (χ4n) is 1.70. The maximum Gasteiger partial charge on any atom is 0.276 e. The van der Waals surface area contributed by atoms with Gasteiger partial charge in [0.15, 0.2) is 5.69 Å². The number of carbonyl (C=O) groups is 1. The summed E-state index contributed by atoms with van der Waals surface area (Å²) in [4.78, 5) is 12.0. The van der Waals surface area contributed by atoms with Crippen LogP contribution in [0.3, 0.4) is 0 Å². The smallest absolute Gasteiger partial charge is 0.276 e. The van der Waals surface area contributed by atoms with E-state index in [9.17, 15) is 4.79 Å². The van der Waals surface area contributed by atoms with Crippen LogP contribution in [0.2, 0.25) is 0 Å². The summed E-state index contributed by atoms with van der Waals surface area (Å²) in [6.07, 6.45) is 0. The minimum absolute atomic E-state index is 0.262. The molecule has 21 heavy (non-hydrogen) atoms. The topological polar surface area (TPSA) is 76.1 Å². The van der Waals surface area contributed by atoms with Crippen molar-refractivity contribution in [1.82, 2.24) is 10.2 Å². The number of aromatic nitrogens is 2. The first kappa shape index (κ1) is 14.8. The molecule has 2 N–H and O–H groups in total. The Bertz CT molecular complexity index is 594. The van der Waals surface area contributed by atoms with Gasteiger partial charge in [0.1, 0.15) is 11.6 Å². The van der Waals surface area contributed by atoms with Crippen molar-refractivity contribution in [3.05, 3.63) is 42.1 Å². The molecule has 6 heteroatoms. The monoisotopic (exact) mass is 286 g/mol. The molecule has 6 nitrogen and oxygen atoms in total. The maximum atomic E-state index is 12.0. The lowest BCUT2D eigenvalue weighted by molar-refractivity contribution is 0.102. The Morgan fingerprint density at radius 1 is 1.10 bits per heavy atom. The van der Waals surface area contributed by atoms with Crippen molar-refractivity contribution < 1.29 is 9.53 Å². The van der Waals surface area contributed by atoms with Crippen LogP contribution in [0.25, 0.3) is 0 Å². The zero-order chi connectivity index (χ0) is 15.2. The average molecular weight is 286 g/mol. The fraction of sp³-hybridized carbons (Fsp3) is 0.267. The Morgan fingerprint density at radius 2 is 1.81 bits per heavy atom. The van der Waals surface area contributed by atoms with Gasteiger partial charge in [-0.3, -0.25) is 4.79 Å². The Morgan fingerprint density at radius 3 is 2.33 bits per heavy atom. The van der Waals surface area contributed by atoms with Crippen LogP contribution in [-0.2, 0) is 0 Å². The number of anilines is 2. The van der Waals surface area contributed by atoms with Gasteiger partial charge in [-0.1, -0.05) is 0 Å². The molecule has 0 aliphatic carbocycles. The molecule has 1 amide bonds. The standard InChI is InChI=1S/C15H18N4O2/c1-10(2)16-14-9-8-13(18-19-14)15(20)17-11-4-6-12(21-3)7-5-11/h4-10H,1-3H3,(H,16,19)(H,17,20). The predicted octanol–water partition coefficient (Wildman–Crippen LogP) is 2.56. The molecule has 0 aliphatic rings. The molecule has 0 atom stereocenters. The molecular formula is C15H18N4O2. The Hall–Kier alpha value is -2.63. The summed E-state index contributed by atoms with van der Waals surface area (Å²) < 4.78 is 5.06. The van der Waals surface area contributed by atoms with Crippen molar-refractivity contribution in [1.29, 1.82) is 0 Å². The van der Waals surface area contributed by atoms with Gasteiger partial charge in [0.05, 0.1) is 7.11 Å². The Labute approximate surface area is 123 Å². The minimum Gasteiger partial charge on any atom is -0.497 e. The third-order valence-corrected chi connectivity index (χ3v) is 2.68. The molecule has 0 fully saturated rings. The summed E-state index contributed by atoms with van der Waals surface area (Å²) in [5.41, 5.74) is 0.937. The van der Waals surface area contributed by atoms with E-state index in [4.69, 9.17) is 4.74 Å². The molecule has 0 bridgehead atoms. The second-order valence-electron chi connectivity index (χ2n) is 4.79. The van der Waals surface area contributed by atoms with Gasteiger partial charge < -0.3 is 15.4 Å². The predicted molar refractivity (Wildman–Crippen MR) is 81.7 cm³/mol. The number of hydrogen-bond donors (Lipinski definition) is 2. The second kappa shape index (κ2) is 6.69. The van der Waals surface area contributed by atoms with Crippen LogP contribution in [0, 0.1) is 0 Å². The van der Waals surface area contributed by atoms with Crippen molar-refractivity contribution in [3.63, 3.8) is 0 Å². The maximum absolute atomic E-state index is 12.0. The Balaban J connectivity index is 2.02. The largest absolute Gasteiger partial charge is 0.497 e. The molecule has 2 aromatic rings. The zero-order valence-corrected chi connectivity index (χ0v) is 12.3. The molecule has 0 unspecified atom stereocenters. The number of hydrogen-bond acceptors (Lipinski definition) is 5. The third-order valence-electron chi connectivity index (χ3n) is 2.68. The molecule has 1 heterocycles. The SMILES string of the molecule is COc1ccc(NC(=O)c2ccc(NC(C)C)nn2)cc1. The number of amides is 1. The van der Waals surface area contributed by atoms with Gasteiger partial charge in [-0.25, -0.2) is 0 Å². The summed E-state index contributed by atoms with van der Waals surface area (Å²) in [5, 5.41) is 13.7. The van der Waals surface area contributed by atoms with E-state index in [0.29, 0.717) is 11.5 Å². The Kier molecular flexibility index (Phi) is 4.71. The highest BCUT2D eigenvalue weighted by atomic mass is 16.5. The quantitative estimate of drug-likeness (QED) is 0.883. The normalized spacial score (nSPS) is 10.3. The minimum atomic E-state index is -0.302. The molecule has 0 radical (unpaired) electrons. The number of nitrogens with zero attached hydrogens (tertiary/aromatic N) is 2. The van der Waals surface area contributed by atoms with Gasteiger partial charge in [-0.15, -0.1) is 10.2 Å². The average Bonchev–Trinajstić information content (AvgIpc) is 2.48. The lowest BCUT2D eigenvalue weighted by Gasteiger charge is -2.08. The van der Waals surface area contributed by atoms with Crippen LogP contribution in [0.4, 0.5) is 11.5 Å². The van der Waals surface area contributed by atoms with Crippen LogP contribution >= 0.6 is 0 Å². The third kappa shape index (κ3) is 4.17. The molecule has 1 aromatic heterocycles. The molecule has 2 rings (SSSR count). The molecule has 0 saturated heterocycles. The summed E-state index contributed by atoms with van der Waals surface area (Å²) >= 11 is 0. The van der Waals surface area contributed by atoms with E-state index in [2.05, 4.69) is 20.8 Å². The van der Waals surface area contributed by atoms with Gasteiger partial charge in [-0.2, -0.15) is 0 Å². The van der Waals surface area contributed by atoms with E-state index in [1.54, 1.807) is 43.5 Å². The van der Waals surface area contributed by atoms with E-state index >= 15 is 0 Å². The summed E-state index contributed by atoms with van der Waals surface area (Å²) in [6.45, 7) is 4.01. The van der Waals surface area contributed by atoms with Crippen molar-refractivity contribution in [3.8, 4) is 5.75 Å². The number of benzene rings is 1. The van der Waals surface area contributed by atoms with Crippen molar-refractivity contribution in [2.75, 3.05) is 17.7 Å². The lowest BCUT2D eigenvalue weighted by Crippen LogP contribution is -2.16. The summed E-state index contributed by atoms with van der Waals surface area (Å²) in [5.74, 6) is 1.08. The van der Waals surface area contributed by atoms with Crippen molar-refractivity contribution >= 4 is 17.4 Å². The van der Waals surface area contributed by atoms with E-state index in [-0.39, 0.29) is 17.6 Å². The first-order valence-corrected chi connectivity index (χ1v) is 6.64. The number of rotatable bonds is 5. The van der Waals surface area contributed by atoms with E-state index < -0.39 is 0 Å². The highest BCUT2D eigenvalue weighted by Gasteiger charge is 2.09. The van der Waals surface area contributed by atoms with Crippen LogP contribution < -0.4 is 15.4 Å². The van der Waals surface area contributed by atoms with Gasteiger partial charge >= 0.3 is 0 Å². The summed E-state index contributed by atoms with van der Waals surface area (Å²) in [6, 6.07) is 10.7. The van der Waals surface area contributed by atoms with E-state index in [1.165, 1.54) is 0 Å². The second-order valence-corrected chi connectivity index (χ2v) is 4.79. The molecule has 1 aromatic carbocycles. The van der Waals surface area contributed by atoms with Gasteiger partial charge in [0, 0.05) is 11.7 Å². The highest BCUT2D eigenvalue weighted by Crippen LogP contribution is 2.15. The van der Waals surface area contributed by atoms with Gasteiger partial charge in [0.25, 0.3) is 5.91 Å². The zero-order valence-electron chi connectivity index (χ0n) is 12.3. The summed E-state index contributed by atoms with van der Waals surface area (Å²) in [7, 11) is 1.59. The van der Waals surface area contributed by atoms with Crippen molar-refractivity contribution in [2.24, 2.45) is 0 Å². The number of methoxy groups -OCH3 is 1. The highest BCUT2D eigenvalue weighted by molar-refractivity contribution is 6.02. The molecule has 110 valence electrons. The first-order valence-electron chi connectivity index (χ1n) is 6.64. The first-order chi connectivity index (χ1) is 10.1. The van der Waals surface area contributed by atoms with Gasteiger partial charge in [0.2, 0.25) is 0 Å². The molecule has 0 saturated carbocycles. The number of ether oxygens (including phenoxy) is 1. The lowest BCUT2D eigenvalue weighted by atomic mass is 10.3. The number of nitrogens with one attached hydrogen (secondary N) is 2. The van der Waals surface area contributed by atoms with Crippen LogP contribution in [-0.4, -0.2) is 29.3 Å². The fourth-order valence-corrected chi connectivity index (χ4v) is 1.70.